The van der Waals surface area contributed by atoms with Crippen LogP contribution in [0, 0.1) is 0 Å². The number of nitrogens with one attached hydrogen (secondary N) is 1. The third kappa shape index (κ3) is 2.52. The molecule has 1 aromatic heterocycles. The predicted molar refractivity (Wildman–Crippen MR) is 74.2 cm³/mol. The molecule has 0 aliphatic carbocycles. The molecule has 2 aromatic rings. The molecule has 110 valence electrons. The molecule has 0 saturated heterocycles. The van der Waals surface area contributed by atoms with Gasteiger partial charge in [-0.15, -0.1) is 0 Å². The van der Waals surface area contributed by atoms with E-state index in [0.29, 0.717) is 6.54 Å². The number of hydrazine groups is 1. The van der Waals surface area contributed by atoms with Crippen molar-refractivity contribution < 1.29 is 13.2 Å². The molecule has 0 saturated carbocycles. The van der Waals surface area contributed by atoms with Gasteiger partial charge in [-0.1, -0.05) is 18.2 Å². The summed E-state index contributed by atoms with van der Waals surface area (Å²) in [5.41, 5.74) is 3.39. The number of rotatable bonds is 2. The van der Waals surface area contributed by atoms with E-state index in [2.05, 4.69) is 10.4 Å². The molecule has 0 atom stereocenters. The Kier molecular flexibility index (Phi) is 3.21. The molecule has 0 amide bonds. The lowest BCUT2D eigenvalue weighted by Gasteiger charge is -2.20. The van der Waals surface area contributed by atoms with Crippen molar-refractivity contribution in [3.8, 4) is 0 Å². The highest BCUT2D eigenvalue weighted by Crippen LogP contribution is 2.37. The molecule has 3 rings (SSSR count). The number of para-hydroxylation sites is 1. The van der Waals surface area contributed by atoms with Crippen molar-refractivity contribution in [2.24, 2.45) is 5.84 Å². The van der Waals surface area contributed by atoms with Crippen molar-refractivity contribution in [1.82, 2.24) is 4.98 Å². The summed E-state index contributed by atoms with van der Waals surface area (Å²) >= 11 is 0. The number of halogens is 3. The van der Waals surface area contributed by atoms with Crippen molar-refractivity contribution >= 4 is 17.3 Å². The topological polar surface area (TPSA) is 54.2 Å². The van der Waals surface area contributed by atoms with Gasteiger partial charge in [-0.2, -0.15) is 13.2 Å². The van der Waals surface area contributed by atoms with Crippen LogP contribution in [0.25, 0.3) is 0 Å². The zero-order chi connectivity index (χ0) is 15.0. The van der Waals surface area contributed by atoms with Crippen LogP contribution in [-0.2, 0) is 12.6 Å². The number of benzene rings is 1. The molecule has 0 fully saturated rings. The first-order valence-corrected chi connectivity index (χ1v) is 6.40. The fraction of sp³-hybridized carbons (Fsp3) is 0.214. The molecule has 1 aliphatic rings. The second kappa shape index (κ2) is 4.92. The number of pyridine rings is 1. The van der Waals surface area contributed by atoms with E-state index in [4.69, 9.17) is 5.84 Å². The van der Waals surface area contributed by atoms with Gasteiger partial charge in [-0.05, 0) is 30.2 Å². The van der Waals surface area contributed by atoms with Gasteiger partial charge in [-0.25, -0.2) is 10.8 Å². The van der Waals surface area contributed by atoms with E-state index >= 15 is 0 Å². The van der Waals surface area contributed by atoms with Crippen LogP contribution in [-0.4, -0.2) is 11.5 Å². The average molecular weight is 294 g/mol. The largest absolute Gasteiger partial charge is 0.416 e. The molecule has 3 N–H and O–H groups in total. The Morgan fingerprint density at radius 3 is 2.67 bits per heavy atom. The number of nitrogens with zero attached hydrogens (tertiary/aromatic N) is 2. The van der Waals surface area contributed by atoms with Crippen LogP contribution < -0.4 is 16.2 Å². The van der Waals surface area contributed by atoms with Gasteiger partial charge in [0.25, 0.3) is 0 Å². The summed E-state index contributed by atoms with van der Waals surface area (Å²) in [7, 11) is 0. The molecule has 0 unspecified atom stereocenters. The third-order valence-corrected chi connectivity index (χ3v) is 3.45. The normalized spacial score (nSPS) is 14.2. The molecule has 0 spiro atoms. The van der Waals surface area contributed by atoms with E-state index in [1.807, 2.05) is 24.3 Å². The number of alkyl halides is 3. The van der Waals surface area contributed by atoms with Gasteiger partial charge in [0.05, 0.1) is 5.56 Å². The Bertz CT molecular complexity index is 670. The van der Waals surface area contributed by atoms with Crippen LogP contribution >= 0.6 is 0 Å². The first-order valence-electron chi connectivity index (χ1n) is 6.40. The fourth-order valence-electron chi connectivity index (χ4n) is 2.47. The summed E-state index contributed by atoms with van der Waals surface area (Å²) in [6.45, 7) is 0.595. The van der Waals surface area contributed by atoms with E-state index in [0.717, 1.165) is 29.8 Å². The van der Waals surface area contributed by atoms with Crippen molar-refractivity contribution in [1.29, 1.82) is 0 Å². The molecule has 0 radical (unpaired) electrons. The maximum atomic E-state index is 13.0. The summed E-state index contributed by atoms with van der Waals surface area (Å²) in [6.07, 6.45) is -3.66. The van der Waals surface area contributed by atoms with Crippen LogP contribution in [0.4, 0.5) is 30.5 Å². The second-order valence-electron chi connectivity index (χ2n) is 4.77. The standard InChI is InChI=1S/C14H13F3N4/c15-14(16,17)10-7-12(20-18)19-13(8-10)21-6-5-9-3-1-2-4-11(9)21/h1-4,7-8H,5-6,18H2,(H,19,20). The monoisotopic (exact) mass is 294 g/mol. The molecule has 0 bridgehead atoms. The highest BCUT2D eigenvalue weighted by molar-refractivity contribution is 5.69. The fourth-order valence-corrected chi connectivity index (χ4v) is 2.47. The van der Waals surface area contributed by atoms with E-state index < -0.39 is 11.7 Å². The van der Waals surface area contributed by atoms with E-state index in [1.165, 1.54) is 0 Å². The Labute approximate surface area is 119 Å². The quantitative estimate of drug-likeness (QED) is 0.660. The summed E-state index contributed by atoms with van der Waals surface area (Å²) < 4.78 is 38.9. The molecule has 4 nitrogen and oxygen atoms in total. The van der Waals surface area contributed by atoms with Crippen LogP contribution in [0.3, 0.4) is 0 Å². The number of nitrogens with two attached hydrogens (primary N) is 1. The summed E-state index contributed by atoms with van der Waals surface area (Å²) in [5, 5.41) is 0. The van der Waals surface area contributed by atoms with Crippen molar-refractivity contribution in [3.63, 3.8) is 0 Å². The lowest BCUT2D eigenvalue weighted by molar-refractivity contribution is -0.137. The molecule has 7 heteroatoms. The van der Waals surface area contributed by atoms with Gasteiger partial charge in [-0.3, -0.25) is 0 Å². The number of anilines is 3. The summed E-state index contributed by atoms with van der Waals surface area (Å²) in [6, 6.07) is 9.54. The average Bonchev–Trinajstić information content (AvgIpc) is 2.89. The predicted octanol–water partition coefficient (Wildman–Crippen LogP) is 3.08. The van der Waals surface area contributed by atoms with Gasteiger partial charge >= 0.3 is 6.18 Å². The number of hydrogen-bond acceptors (Lipinski definition) is 4. The Morgan fingerprint density at radius 2 is 1.95 bits per heavy atom. The maximum absolute atomic E-state index is 13.0. The maximum Gasteiger partial charge on any atom is 0.416 e. The van der Waals surface area contributed by atoms with E-state index in [-0.39, 0.29) is 11.6 Å². The minimum atomic E-state index is -4.44. The lowest BCUT2D eigenvalue weighted by Crippen LogP contribution is -2.19. The van der Waals surface area contributed by atoms with Crippen molar-refractivity contribution in [2.45, 2.75) is 12.6 Å². The SMILES string of the molecule is NNc1cc(C(F)(F)F)cc(N2CCc3ccccc32)n1. The Balaban J connectivity index is 2.07. The third-order valence-electron chi connectivity index (χ3n) is 3.45. The zero-order valence-electron chi connectivity index (χ0n) is 11.0. The van der Waals surface area contributed by atoms with Gasteiger partial charge in [0.1, 0.15) is 11.6 Å². The van der Waals surface area contributed by atoms with Crippen LogP contribution in [0.1, 0.15) is 11.1 Å². The summed E-state index contributed by atoms with van der Waals surface area (Å²) in [4.78, 5) is 5.91. The molecular weight excluding hydrogens is 281 g/mol. The minimum absolute atomic E-state index is 0.00999. The molecule has 1 aromatic carbocycles. The highest BCUT2D eigenvalue weighted by atomic mass is 19.4. The van der Waals surface area contributed by atoms with Gasteiger partial charge < -0.3 is 10.3 Å². The highest BCUT2D eigenvalue weighted by Gasteiger charge is 2.33. The molecule has 21 heavy (non-hydrogen) atoms. The first kappa shape index (κ1) is 13.7. The number of nitrogen functional groups attached to an aromatic ring is 1. The zero-order valence-corrected chi connectivity index (χ0v) is 11.0. The van der Waals surface area contributed by atoms with Gasteiger partial charge in [0, 0.05) is 12.2 Å². The smallest absolute Gasteiger partial charge is 0.326 e. The minimum Gasteiger partial charge on any atom is -0.326 e. The van der Waals surface area contributed by atoms with Crippen LogP contribution in [0.2, 0.25) is 0 Å². The number of aromatic nitrogens is 1. The Morgan fingerprint density at radius 1 is 1.19 bits per heavy atom. The van der Waals surface area contributed by atoms with Gasteiger partial charge in [0.15, 0.2) is 0 Å². The van der Waals surface area contributed by atoms with E-state index in [1.54, 1.807) is 4.90 Å². The molecule has 2 heterocycles. The first-order chi connectivity index (χ1) is 9.99. The molecular formula is C14H13F3N4. The van der Waals surface area contributed by atoms with Gasteiger partial charge in [0.2, 0.25) is 0 Å². The number of fused-ring (bicyclic) bond motifs is 1. The van der Waals surface area contributed by atoms with Crippen molar-refractivity contribution in [2.75, 3.05) is 16.9 Å². The second-order valence-corrected chi connectivity index (χ2v) is 4.77. The van der Waals surface area contributed by atoms with Crippen LogP contribution in [0.5, 0.6) is 0 Å². The molecule has 1 aliphatic heterocycles. The Hall–Kier alpha value is -2.28. The van der Waals surface area contributed by atoms with E-state index in [9.17, 15) is 13.2 Å². The van der Waals surface area contributed by atoms with Crippen LogP contribution in [0.15, 0.2) is 36.4 Å². The lowest BCUT2D eigenvalue weighted by atomic mass is 10.2. The summed E-state index contributed by atoms with van der Waals surface area (Å²) in [5.74, 6) is 5.45. The number of hydrogen-bond donors (Lipinski definition) is 2. The van der Waals surface area contributed by atoms with Crippen molar-refractivity contribution in [3.05, 3.63) is 47.5 Å².